The molecule has 1 aromatic carbocycles. The van der Waals surface area contributed by atoms with Gasteiger partial charge in [-0.1, -0.05) is 19.1 Å². The first-order valence-electron chi connectivity index (χ1n) is 4.73. The number of aryl methyl sites for hydroxylation is 1. The van der Waals surface area contributed by atoms with Gasteiger partial charge in [-0.25, -0.2) is 9.55 Å². The van der Waals surface area contributed by atoms with Crippen molar-refractivity contribution in [2.45, 2.75) is 19.8 Å². The van der Waals surface area contributed by atoms with Crippen LogP contribution in [0.25, 0.3) is 11.0 Å². The number of nitrogens with zero attached hydrogens (tertiary/aromatic N) is 3. The summed E-state index contributed by atoms with van der Waals surface area (Å²) in [6.45, 7) is 2.08. The van der Waals surface area contributed by atoms with Crippen LogP contribution >= 0.6 is 0 Å². The third-order valence-electron chi connectivity index (χ3n) is 2.20. The summed E-state index contributed by atoms with van der Waals surface area (Å²) in [7, 11) is 0. The van der Waals surface area contributed by atoms with Crippen molar-refractivity contribution >= 4 is 11.0 Å². The number of hydrogen-bond acceptors (Lipinski definition) is 2. The molecule has 0 bridgehead atoms. The molecular formula is C11H11N3. The lowest BCUT2D eigenvalue weighted by atomic mass is 10.3. The van der Waals surface area contributed by atoms with Crippen LogP contribution < -0.4 is 0 Å². The number of hydrogen-bond donors (Lipinski definition) is 0. The minimum atomic E-state index is 0.849. The summed E-state index contributed by atoms with van der Waals surface area (Å²) >= 11 is 0. The predicted octanol–water partition coefficient (Wildman–Crippen LogP) is 2.32. The SMILES string of the molecule is CCCc1nc2ccccc2n1C#N. The molecule has 0 unspecified atom stereocenters. The van der Waals surface area contributed by atoms with Gasteiger partial charge in [0.2, 0.25) is 0 Å². The second-order valence-corrected chi connectivity index (χ2v) is 3.20. The van der Waals surface area contributed by atoms with E-state index in [9.17, 15) is 0 Å². The standard InChI is InChI=1S/C11H11N3/c1-2-5-11-13-9-6-3-4-7-10(9)14(11)8-12/h3-4,6-7H,2,5H2,1H3. The fraction of sp³-hybridized carbons (Fsp3) is 0.273. The molecule has 0 atom stereocenters. The van der Waals surface area contributed by atoms with E-state index in [1.54, 1.807) is 4.57 Å². The second-order valence-electron chi connectivity index (χ2n) is 3.20. The van der Waals surface area contributed by atoms with Crippen molar-refractivity contribution in [3.63, 3.8) is 0 Å². The van der Waals surface area contributed by atoms with Gasteiger partial charge in [-0.2, -0.15) is 5.26 Å². The Labute approximate surface area is 82.6 Å². The zero-order chi connectivity index (χ0) is 9.97. The third kappa shape index (κ3) is 1.25. The molecule has 0 saturated carbocycles. The van der Waals surface area contributed by atoms with Crippen molar-refractivity contribution in [1.29, 1.82) is 5.26 Å². The van der Waals surface area contributed by atoms with Gasteiger partial charge in [-0.05, 0) is 18.6 Å². The monoisotopic (exact) mass is 185 g/mol. The predicted molar refractivity (Wildman–Crippen MR) is 54.7 cm³/mol. The Balaban J connectivity index is 2.68. The average Bonchev–Trinajstić information content (AvgIpc) is 2.55. The summed E-state index contributed by atoms with van der Waals surface area (Å²) in [6.07, 6.45) is 4.01. The number of fused-ring (bicyclic) bond motifs is 1. The molecule has 3 heteroatoms. The highest BCUT2D eigenvalue weighted by atomic mass is 15.1. The first kappa shape index (κ1) is 8.76. The van der Waals surface area contributed by atoms with E-state index in [0.29, 0.717) is 0 Å². The molecule has 2 aromatic rings. The normalized spacial score (nSPS) is 10.3. The highest BCUT2D eigenvalue weighted by Crippen LogP contribution is 2.15. The van der Waals surface area contributed by atoms with E-state index in [1.807, 2.05) is 24.3 Å². The maximum Gasteiger partial charge on any atom is 0.190 e. The first-order chi connectivity index (χ1) is 6.86. The van der Waals surface area contributed by atoms with Crippen molar-refractivity contribution in [3.05, 3.63) is 30.1 Å². The van der Waals surface area contributed by atoms with E-state index in [4.69, 9.17) is 5.26 Å². The van der Waals surface area contributed by atoms with E-state index in [2.05, 4.69) is 18.1 Å². The fourth-order valence-electron chi connectivity index (χ4n) is 1.58. The summed E-state index contributed by atoms with van der Waals surface area (Å²) in [5.41, 5.74) is 1.80. The largest absolute Gasteiger partial charge is 0.232 e. The lowest BCUT2D eigenvalue weighted by Crippen LogP contribution is -1.96. The van der Waals surface area contributed by atoms with Crippen molar-refractivity contribution in [2.24, 2.45) is 0 Å². The molecule has 0 radical (unpaired) electrons. The summed E-state index contributed by atoms with van der Waals surface area (Å²) in [5, 5.41) is 9.00. The molecule has 2 rings (SSSR count). The van der Waals surface area contributed by atoms with Gasteiger partial charge in [0.05, 0.1) is 11.0 Å². The molecule has 0 spiro atoms. The smallest absolute Gasteiger partial charge is 0.190 e. The van der Waals surface area contributed by atoms with E-state index >= 15 is 0 Å². The van der Waals surface area contributed by atoms with Gasteiger partial charge in [0.15, 0.2) is 6.19 Å². The van der Waals surface area contributed by atoms with Gasteiger partial charge in [0.25, 0.3) is 0 Å². The van der Waals surface area contributed by atoms with Crippen molar-refractivity contribution in [2.75, 3.05) is 0 Å². The van der Waals surface area contributed by atoms with Gasteiger partial charge in [-0.3, -0.25) is 0 Å². The number of benzene rings is 1. The fourth-order valence-corrected chi connectivity index (χ4v) is 1.58. The third-order valence-corrected chi connectivity index (χ3v) is 2.20. The van der Waals surface area contributed by atoms with Crippen LogP contribution in [-0.2, 0) is 6.42 Å². The molecule has 0 amide bonds. The summed E-state index contributed by atoms with van der Waals surface area (Å²) < 4.78 is 1.61. The molecule has 0 aliphatic carbocycles. The van der Waals surface area contributed by atoms with Crippen LogP contribution in [0.2, 0.25) is 0 Å². The molecule has 70 valence electrons. The molecule has 3 nitrogen and oxygen atoms in total. The van der Waals surface area contributed by atoms with Crippen LogP contribution in [-0.4, -0.2) is 9.55 Å². The minimum Gasteiger partial charge on any atom is -0.232 e. The van der Waals surface area contributed by atoms with Crippen LogP contribution in [0.5, 0.6) is 0 Å². The number of para-hydroxylation sites is 2. The van der Waals surface area contributed by atoms with Crippen LogP contribution in [0.4, 0.5) is 0 Å². The van der Waals surface area contributed by atoms with Gasteiger partial charge >= 0.3 is 0 Å². The molecule has 0 aliphatic heterocycles. The molecule has 1 heterocycles. The molecule has 0 fully saturated rings. The molecule has 14 heavy (non-hydrogen) atoms. The zero-order valence-electron chi connectivity index (χ0n) is 8.07. The lowest BCUT2D eigenvalue weighted by Gasteiger charge is -1.95. The van der Waals surface area contributed by atoms with Crippen LogP contribution in [0.1, 0.15) is 19.2 Å². The maximum atomic E-state index is 9.00. The highest BCUT2D eigenvalue weighted by molar-refractivity contribution is 5.76. The van der Waals surface area contributed by atoms with Crippen molar-refractivity contribution in [1.82, 2.24) is 9.55 Å². The van der Waals surface area contributed by atoms with E-state index < -0.39 is 0 Å². The topological polar surface area (TPSA) is 41.6 Å². The minimum absolute atomic E-state index is 0.849. The summed E-state index contributed by atoms with van der Waals surface area (Å²) in [6, 6.07) is 7.72. The Kier molecular flexibility index (Phi) is 2.19. The average molecular weight is 185 g/mol. The van der Waals surface area contributed by atoms with E-state index in [-0.39, 0.29) is 0 Å². The van der Waals surface area contributed by atoms with Gasteiger partial charge < -0.3 is 0 Å². The molecule has 0 saturated heterocycles. The number of rotatable bonds is 2. The Morgan fingerprint density at radius 3 is 2.93 bits per heavy atom. The number of nitriles is 1. The van der Waals surface area contributed by atoms with Gasteiger partial charge in [0, 0.05) is 6.42 Å². The van der Waals surface area contributed by atoms with Crippen LogP contribution in [0.3, 0.4) is 0 Å². The zero-order valence-corrected chi connectivity index (χ0v) is 8.07. The Bertz CT molecular complexity index is 491. The number of imidazole rings is 1. The lowest BCUT2D eigenvalue weighted by molar-refractivity contribution is 0.823. The van der Waals surface area contributed by atoms with Gasteiger partial charge in [0.1, 0.15) is 5.82 Å². The van der Waals surface area contributed by atoms with Crippen LogP contribution in [0, 0.1) is 11.5 Å². The Morgan fingerprint density at radius 2 is 2.21 bits per heavy atom. The van der Waals surface area contributed by atoms with Crippen molar-refractivity contribution in [3.8, 4) is 6.19 Å². The van der Waals surface area contributed by atoms with Crippen molar-refractivity contribution < 1.29 is 0 Å². The van der Waals surface area contributed by atoms with E-state index in [0.717, 1.165) is 29.7 Å². The second kappa shape index (κ2) is 3.51. The summed E-state index contributed by atoms with van der Waals surface area (Å²) in [5.74, 6) is 0.858. The first-order valence-corrected chi connectivity index (χ1v) is 4.73. The van der Waals surface area contributed by atoms with Crippen LogP contribution in [0.15, 0.2) is 24.3 Å². The Hall–Kier alpha value is -1.82. The Morgan fingerprint density at radius 1 is 1.43 bits per heavy atom. The van der Waals surface area contributed by atoms with E-state index in [1.165, 1.54) is 0 Å². The number of aromatic nitrogens is 2. The molecule has 0 aliphatic rings. The molecular weight excluding hydrogens is 174 g/mol. The van der Waals surface area contributed by atoms with Gasteiger partial charge in [-0.15, -0.1) is 0 Å². The quantitative estimate of drug-likeness (QED) is 0.720. The molecule has 0 N–H and O–H groups in total. The molecule has 1 aromatic heterocycles. The highest BCUT2D eigenvalue weighted by Gasteiger charge is 2.07. The summed E-state index contributed by atoms with van der Waals surface area (Å²) in [4.78, 5) is 4.41. The maximum absolute atomic E-state index is 9.00.